The van der Waals surface area contributed by atoms with Crippen LogP contribution in [0.4, 0.5) is 0 Å². The van der Waals surface area contributed by atoms with E-state index in [2.05, 4.69) is 0 Å². The fraction of sp³-hybridized carbons (Fsp3) is 0.786. The van der Waals surface area contributed by atoms with Crippen LogP contribution < -0.4 is 0 Å². The van der Waals surface area contributed by atoms with E-state index in [0.29, 0.717) is 19.0 Å². The molecule has 3 rings (SSSR count). The second-order valence-corrected chi connectivity index (χ2v) is 6.38. The lowest BCUT2D eigenvalue weighted by Crippen LogP contribution is -2.44. The number of aliphatic hydroxyl groups is 1. The zero-order chi connectivity index (χ0) is 15.1. The van der Waals surface area contributed by atoms with Crippen LogP contribution in [-0.4, -0.2) is 69.6 Å². The van der Waals surface area contributed by atoms with Crippen molar-refractivity contribution >= 4 is 17.8 Å². The first-order valence-electron chi connectivity index (χ1n) is 7.45. The normalized spacial score (nSPS) is 32.8. The summed E-state index contributed by atoms with van der Waals surface area (Å²) in [6, 6.07) is -0.972. The number of hydrogen-bond donors (Lipinski definition) is 2. The Labute approximate surface area is 122 Å². The molecule has 21 heavy (non-hydrogen) atoms. The van der Waals surface area contributed by atoms with Crippen molar-refractivity contribution in [2.75, 3.05) is 19.6 Å². The number of nitrogens with zero attached hydrogens (tertiary/aromatic N) is 2. The highest BCUT2D eigenvalue weighted by atomic mass is 16.4. The van der Waals surface area contributed by atoms with Crippen molar-refractivity contribution in [1.29, 1.82) is 0 Å². The summed E-state index contributed by atoms with van der Waals surface area (Å²) in [6.45, 7) is 1.14. The summed E-state index contributed by atoms with van der Waals surface area (Å²) in [5.74, 6) is -1.33. The molecule has 7 nitrogen and oxygen atoms in total. The van der Waals surface area contributed by atoms with Gasteiger partial charge in [0.1, 0.15) is 6.04 Å². The molecule has 116 valence electrons. The number of hydrogen-bond acceptors (Lipinski definition) is 4. The topological polar surface area (TPSA) is 98.1 Å². The van der Waals surface area contributed by atoms with Gasteiger partial charge in [0.05, 0.1) is 12.0 Å². The van der Waals surface area contributed by atoms with Crippen molar-refractivity contribution < 1.29 is 24.6 Å². The Morgan fingerprint density at radius 1 is 1.24 bits per heavy atom. The Balaban J connectivity index is 1.64. The quantitative estimate of drug-likeness (QED) is 0.714. The Morgan fingerprint density at radius 2 is 1.95 bits per heavy atom. The molecule has 1 unspecified atom stereocenters. The lowest BCUT2D eigenvalue weighted by molar-refractivity contribution is -0.149. The van der Waals surface area contributed by atoms with Crippen molar-refractivity contribution in [1.82, 2.24) is 9.80 Å². The molecule has 3 aliphatic rings. The summed E-state index contributed by atoms with van der Waals surface area (Å²) in [5, 5.41) is 18.7. The average Bonchev–Trinajstić information content (AvgIpc) is 3.04. The molecule has 2 amide bonds. The number of carbonyl (C=O) groups is 3. The van der Waals surface area contributed by atoms with Crippen LogP contribution in [0.25, 0.3) is 0 Å². The molecule has 0 radical (unpaired) electrons. The van der Waals surface area contributed by atoms with Crippen molar-refractivity contribution in [3.63, 3.8) is 0 Å². The van der Waals surface area contributed by atoms with Crippen LogP contribution in [0.15, 0.2) is 0 Å². The molecule has 2 N–H and O–H groups in total. The highest BCUT2D eigenvalue weighted by Gasteiger charge is 2.44. The Kier molecular flexibility index (Phi) is 3.61. The highest BCUT2D eigenvalue weighted by molar-refractivity contribution is 5.91. The van der Waals surface area contributed by atoms with Gasteiger partial charge in [0.15, 0.2) is 0 Å². The molecule has 0 aromatic carbocycles. The first kappa shape index (κ1) is 14.3. The maximum atomic E-state index is 12.5. The third-order valence-electron chi connectivity index (χ3n) is 4.59. The second kappa shape index (κ2) is 5.29. The van der Waals surface area contributed by atoms with E-state index >= 15 is 0 Å². The van der Waals surface area contributed by atoms with Crippen LogP contribution in [0, 0.1) is 11.8 Å². The van der Waals surface area contributed by atoms with Crippen LogP contribution in [-0.2, 0) is 14.4 Å². The molecule has 0 spiro atoms. The van der Waals surface area contributed by atoms with E-state index in [4.69, 9.17) is 5.11 Å². The number of carboxylic acid groups (broad SMARTS) is 1. The highest BCUT2D eigenvalue weighted by Crippen LogP contribution is 2.33. The van der Waals surface area contributed by atoms with Crippen LogP contribution >= 0.6 is 0 Å². The lowest BCUT2D eigenvalue weighted by atomic mass is 10.1. The molecule has 1 saturated carbocycles. The molecule has 0 bridgehead atoms. The number of rotatable bonds is 4. The Hall–Kier alpha value is -1.63. The first-order valence-corrected chi connectivity index (χ1v) is 7.45. The van der Waals surface area contributed by atoms with E-state index in [-0.39, 0.29) is 31.2 Å². The third-order valence-corrected chi connectivity index (χ3v) is 4.59. The third kappa shape index (κ3) is 2.88. The number of amides is 2. The molecule has 2 saturated heterocycles. The maximum Gasteiger partial charge on any atom is 0.326 e. The maximum absolute atomic E-state index is 12.5. The van der Waals surface area contributed by atoms with Gasteiger partial charge in [-0.3, -0.25) is 9.59 Å². The summed E-state index contributed by atoms with van der Waals surface area (Å²) >= 11 is 0. The minimum absolute atomic E-state index is 0.0214. The van der Waals surface area contributed by atoms with Crippen LogP contribution in [0.5, 0.6) is 0 Å². The summed E-state index contributed by atoms with van der Waals surface area (Å²) in [5.41, 5.74) is 0. The summed E-state index contributed by atoms with van der Waals surface area (Å²) in [6.07, 6.45) is 1.71. The van der Waals surface area contributed by atoms with Gasteiger partial charge in [0, 0.05) is 32.5 Å². The summed E-state index contributed by atoms with van der Waals surface area (Å²) in [7, 11) is 0. The number of likely N-dealkylation sites (tertiary alicyclic amines) is 2. The molecule has 2 heterocycles. The monoisotopic (exact) mass is 296 g/mol. The molecular formula is C14H20N2O5. The van der Waals surface area contributed by atoms with E-state index in [1.807, 2.05) is 0 Å². The Morgan fingerprint density at radius 3 is 2.57 bits per heavy atom. The van der Waals surface area contributed by atoms with E-state index in [1.165, 1.54) is 4.90 Å². The standard InChI is InChI=1S/C14H20N2O5/c17-10-4-11(14(20)21)16(7-10)13(19)9-3-12(18)15(6-9)5-8-1-2-8/h8-11,17H,1-7H2,(H,20,21)/t9?,10-,11-/m1/s1. The predicted molar refractivity (Wildman–Crippen MR) is 71.2 cm³/mol. The summed E-state index contributed by atoms with van der Waals surface area (Å²) < 4.78 is 0. The number of aliphatic hydroxyl groups excluding tert-OH is 1. The minimum Gasteiger partial charge on any atom is -0.480 e. The zero-order valence-corrected chi connectivity index (χ0v) is 11.8. The molecule has 7 heteroatoms. The largest absolute Gasteiger partial charge is 0.480 e. The minimum atomic E-state index is -1.10. The summed E-state index contributed by atoms with van der Waals surface area (Å²) in [4.78, 5) is 38.5. The van der Waals surface area contributed by atoms with Crippen LogP contribution in [0.3, 0.4) is 0 Å². The van der Waals surface area contributed by atoms with Gasteiger partial charge in [0.2, 0.25) is 11.8 Å². The molecule has 3 atom stereocenters. The average molecular weight is 296 g/mol. The van der Waals surface area contributed by atoms with Crippen LogP contribution in [0.1, 0.15) is 25.7 Å². The Bertz CT molecular complexity index is 476. The first-order chi connectivity index (χ1) is 9.95. The fourth-order valence-electron chi connectivity index (χ4n) is 3.25. The second-order valence-electron chi connectivity index (χ2n) is 6.38. The fourth-order valence-corrected chi connectivity index (χ4v) is 3.25. The SMILES string of the molecule is O=C(O)[C@H]1C[C@@H](O)CN1C(=O)C1CC(=O)N(CC2CC2)C1. The van der Waals surface area contributed by atoms with Crippen molar-refractivity contribution in [2.24, 2.45) is 11.8 Å². The predicted octanol–water partition coefficient (Wildman–Crippen LogP) is -0.709. The molecule has 3 fully saturated rings. The molecule has 2 aliphatic heterocycles. The van der Waals surface area contributed by atoms with Crippen LogP contribution in [0.2, 0.25) is 0 Å². The van der Waals surface area contributed by atoms with Gasteiger partial charge in [-0.15, -0.1) is 0 Å². The van der Waals surface area contributed by atoms with E-state index < -0.39 is 24.0 Å². The number of carboxylic acids is 1. The lowest BCUT2D eigenvalue weighted by Gasteiger charge is -2.24. The molecule has 0 aromatic heterocycles. The smallest absolute Gasteiger partial charge is 0.326 e. The molecular weight excluding hydrogens is 276 g/mol. The van der Waals surface area contributed by atoms with Gasteiger partial charge in [0.25, 0.3) is 0 Å². The molecule has 1 aliphatic carbocycles. The van der Waals surface area contributed by atoms with Gasteiger partial charge in [-0.1, -0.05) is 0 Å². The zero-order valence-electron chi connectivity index (χ0n) is 11.8. The van der Waals surface area contributed by atoms with Gasteiger partial charge in [-0.2, -0.15) is 0 Å². The number of aliphatic carboxylic acids is 1. The van der Waals surface area contributed by atoms with E-state index in [0.717, 1.165) is 12.8 Å². The number of carbonyl (C=O) groups excluding carboxylic acids is 2. The van der Waals surface area contributed by atoms with E-state index in [9.17, 15) is 19.5 Å². The van der Waals surface area contributed by atoms with E-state index in [1.54, 1.807) is 4.90 Å². The van der Waals surface area contributed by atoms with Gasteiger partial charge < -0.3 is 20.0 Å². The number of β-amino-alcohol motifs (C(OH)–C–C–N with tert-alkyl or cyclic N) is 1. The molecule has 0 aromatic rings. The van der Waals surface area contributed by atoms with Crippen molar-refractivity contribution in [3.05, 3.63) is 0 Å². The van der Waals surface area contributed by atoms with Crippen molar-refractivity contribution in [3.8, 4) is 0 Å². The van der Waals surface area contributed by atoms with Crippen molar-refractivity contribution in [2.45, 2.75) is 37.8 Å². The van der Waals surface area contributed by atoms with Gasteiger partial charge >= 0.3 is 5.97 Å². The van der Waals surface area contributed by atoms with Gasteiger partial charge in [-0.25, -0.2) is 4.79 Å². The van der Waals surface area contributed by atoms with Gasteiger partial charge in [-0.05, 0) is 18.8 Å².